The third-order valence-electron chi connectivity index (χ3n) is 6.12. The number of halogens is 2. The first kappa shape index (κ1) is 25.0. The van der Waals surface area contributed by atoms with Crippen molar-refractivity contribution < 1.29 is 18.4 Å². The lowest BCUT2D eigenvalue weighted by Crippen LogP contribution is -2.51. The van der Waals surface area contributed by atoms with E-state index in [-0.39, 0.29) is 12.2 Å². The summed E-state index contributed by atoms with van der Waals surface area (Å²) in [5.41, 5.74) is 0.877. The Balaban J connectivity index is 1.83. The third-order valence-corrected chi connectivity index (χ3v) is 6.12. The van der Waals surface area contributed by atoms with Crippen molar-refractivity contribution in [3.63, 3.8) is 0 Å². The summed E-state index contributed by atoms with van der Waals surface area (Å²) in [5.74, 6) is -2.28. The molecule has 2 amide bonds. The van der Waals surface area contributed by atoms with Crippen LogP contribution in [0.2, 0.25) is 0 Å². The summed E-state index contributed by atoms with van der Waals surface area (Å²) in [5, 5.41) is 11.1. The standard InChI is InChI=1S/C27H27F2N5O2/c1-4-27(2,3)30-26(36)25(18-13-15-19(28)16-14-18)34(22-11-7-5-9-20(22)29)24(35)17-33-23-12-8-6-10-21(23)31-32-33/h5-16,25H,4,17H2,1-3H3,(H,30,36)/t25-/m1/s1. The molecule has 7 nitrogen and oxygen atoms in total. The quantitative estimate of drug-likeness (QED) is 0.384. The fraction of sp³-hybridized carbons (Fsp3) is 0.259. The fourth-order valence-electron chi connectivity index (χ4n) is 3.86. The van der Waals surface area contributed by atoms with Crippen LogP contribution in [0.15, 0.2) is 72.8 Å². The van der Waals surface area contributed by atoms with Gasteiger partial charge in [0.05, 0.1) is 11.2 Å². The summed E-state index contributed by atoms with van der Waals surface area (Å²) < 4.78 is 30.3. The molecule has 186 valence electrons. The van der Waals surface area contributed by atoms with Crippen LogP contribution in [0.1, 0.15) is 38.8 Å². The van der Waals surface area contributed by atoms with Gasteiger partial charge in [-0.2, -0.15) is 0 Å². The zero-order chi connectivity index (χ0) is 25.9. The van der Waals surface area contributed by atoms with Crippen LogP contribution < -0.4 is 10.2 Å². The number of aromatic nitrogens is 3. The number of para-hydroxylation sites is 2. The van der Waals surface area contributed by atoms with Gasteiger partial charge in [-0.25, -0.2) is 13.5 Å². The molecule has 1 heterocycles. The Bertz CT molecular complexity index is 1380. The van der Waals surface area contributed by atoms with Gasteiger partial charge in [-0.1, -0.05) is 48.5 Å². The summed E-state index contributed by atoms with van der Waals surface area (Å²) in [6, 6.07) is 16.8. The van der Waals surface area contributed by atoms with Gasteiger partial charge in [-0.3, -0.25) is 14.5 Å². The lowest BCUT2D eigenvalue weighted by atomic mass is 9.98. The fourth-order valence-corrected chi connectivity index (χ4v) is 3.86. The van der Waals surface area contributed by atoms with E-state index < -0.39 is 35.0 Å². The minimum absolute atomic E-state index is 0.0781. The zero-order valence-corrected chi connectivity index (χ0v) is 20.3. The molecule has 0 fully saturated rings. The highest BCUT2D eigenvalue weighted by Gasteiger charge is 2.36. The molecule has 4 rings (SSSR count). The second kappa shape index (κ2) is 10.2. The Labute approximate surface area is 207 Å². The number of rotatable bonds is 8. The minimum atomic E-state index is -1.27. The van der Waals surface area contributed by atoms with Crippen LogP contribution in [0.4, 0.5) is 14.5 Å². The molecule has 36 heavy (non-hydrogen) atoms. The highest BCUT2D eigenvalue weighted by molar-refractivity contribution is 6.01. The number of hydrogen-bond donors (Lipinski definition) is 1. The Kier molecular flexibility index (Phi) is 7.10. The molecule has 0 spiro atoms. The van der Waals surface area contributed by atoms with Gasteiger partial charge in [-0.15, -0.1) is 5.10 Å². The lowest BCUT2D eigenvalue weighted by molar-refractivity contribution is -0.128. The van der Waals surface area contributed by atoms with Crippen molar-refractivity contribution in [2.24, 2.45) is 0 Å². The van der Waals surface area contributed by atoms with E-state index in [2.05, 4.69) is 15.6 Å². The number of nitrogens with one attached hydrogen (secondary N) is 1. The van der Waals surface area contributed by atoms with E-state index in [0.717, 1.165) is 4.90 Å². The van der Waals surface area contributed by atoms with Gasteiger partial charge in [-0.05, 0) is 62.2 Å². The molecule has 0 bridgehead atoms. The predicted molar refractivity (Wildman–Crippen MR) is 133 cm³/mol. The number of fused-ring (bicyclic) bond motifs is 1. The van der Waals surface area contributed by atoms with E-state index in [1.807, 2.05) is 20.8 Å². The summed E-state index contributed by atoms with van der Waals surface area (Å²) in [6.45, 7) is 5.33. The zero-order valence-electron chi connectivity index (χ0n) is 20.3. The molecule has 0 aliphatic heterocycles. The average Bonchev–Trinajstić information content (AvgIpc) is 3.26. The van der Waals surface area contributed by atoms with Crippen LogP contribution in [0.3, 0.4) is 0 Å². The summed E-state index contributed by atoms with van der Waals surface area (Å²) in [4.78, 5) is 28.6. The van der Waals surface area contributed by atoms with Gasteiger partial charge in [0, 0.05) is 5.54 Å². The van der Waals surface area contributed by atoms with Crippen molar-refractivity contribution in [3.8, 4) is 0 Å². The van der Waals surface area contributed by atoms with Crippen molar-refractivity contribution in [1.82, 2.24) is 20.3 Å². The number of anilines is 1. The summed E-state index contributed by atoms with van der Waals surface area (Å²) in [7, 11) is 0. The summed E-state index contributed by atoms with van der Waals surface area (Å²) in [6.07, 6.45) is 0.619. The van der Waals surface area contributed by atoms with Gasteiger partial charge < -0.3 is 5.32 Å². The molecular weight excluding hydrogens is 464 g/mol. The van der Waals surface area contributed by atoms with E-state index in [1.54, 1.807) is 30.3 Å². The molecule has 0 unspecified atom stereocenters. The molecular formula is C27H27F2N5O2. The molecule has 0 saturated heterocycles. The second-order valence-corrected chi connectivity index (χ2v) is 9.13. The smallest absolute Gasteiger partial charge is 0.249 e. The lowest BCUT2D eigenvalue weighted by Gasteiger charge is -2.34. The largest absolute Gasteiger partial charge is 0.349 e. The second-order valence-electron chi connectivity index (χ2n) is 9.13. The summed E-state index contributed by atoms with van der Waals surface area (Å²) >= 11 is 0. The van der Waals surface area contributed by atoms with Gasteiger partial charge >= 0.3 is 0 Å². The maximum absolute atomic E-state index is 15.1. The molecule has 0 aliphatic carbocycles. The average molecular weight is 492 g/mol. The van der Waals surface area contributed by atoms with Crippen molar-refractivity contribution in [2.75, 3.05) is 4.90 Å². The van der Waals surface area contributed by atoms with E-state index in [4.69, 9.17) is 0 Å². The minimum Gasteiger partial charge on any atom is -0.349 e. The Hall–Kier alpha value is -4.14. The van der Waals surface area contributed by atoms with Gasteiger partial charge in [0.25, 0.3) is 0 Å². The SMILES string of the molecule is CCC(C)(C)NC(=O)[C@@H](c1ccc(F)cc1)N(C(=O)Cn1nnc2ccccc21)c1ccccc1F. The number of amides is 2. The number of benzene rings is 3. The topological polar surface area (TPSA) is 80.1 Å². The first-order valence-electron chi connectivity index (χ1n) is 11.6. The van der Waals surface area contributed by atoms with Crippen LogP contribution in [0, 0.1) is 11.6 Å². The number of hydrogen-bond acceptors (Lipinski definition) is 4. The van der Waals surface area contributed by atoms with Crippen LogP contribution in [0.5, 0.6) is 0 Å². The van der Waals surface area contributed by atoms with Gasteiger partial charge in [0.2, 0.25) is 11.8 Å². The van der Waals surface area contributed by atoms with Crippen molar-refractivity contribution in [1.29, 1.82) is 0 Å². The van der Waals surface area contributed by atoms with E-state index in [1.165, 1.54) is 47.1 Å². The molecule has 9 heteroatoms. The number of carbonyl (C=O) groups is 2. The predicted octanol–water partition coefficient (Wildman–Crippen LogP) is 4.79. The van der Waals surface area contributed by atoms with Crippen LogP contribution in [0.25, 0.3) is 11.0 Å². The van der Waals surface area contributed by atoms with Crippen LogP contribution in [-0.4, -0.2) is 32.3 Å². The van der Waals surface area contributed by atoms with E-state index in [9.17, 15) is 14.0 Å². The molecule has 0 saturated carbocycles. The Morgan fingerprint density at radius 1 is 1.00 bits per heavy atom. The highest BCUT2D eigenvalue weighted by Crippen LogP contribution is 2.31. The van der Waals surface area contributed by atoms with Gasteiger partial charge in [0.15, 0.2) is 0 Å². The molecule has 1 atom stereocenters. The van der Waals surface area contributed by atoms with Crippen molar-refractivity contribution in [2.45, 2.75) is 45.3 Å². The van der Waals surface area contributed by atoms with Gasteiger partial charge in [0.1, 0.15) is 29.7 Å². The monoisotopic (exact) mass is 491 g/mol. The molecule has 3 aromatic carbocycles. The molecule has 0 aliphatic rings. The maximum atomic E-state index is 15.1. The van der Waals surface area contributed by atoms with E-state index in [0.29, 0.717) is 23.0 Å². The number of carbonyl (C=O) groups excluding carboxylic acids is 2. The normalized spacial score (nSPS) is 12.4. The van der Waals surface area contributed by atoms with Crippen molar-refractivity contribution in [3.05, 3.63) is 90.0 Å². The molecule has 0 radical (unpaired) electrons. The third kappa shape index (κ3) is 5.25. The highest BCUT2D eigenvalue weighted by atomic mass is 19.1. The Morgan fingerprint density at radius 2 is 1.67 bits per heavy atom. The first-order valence-corrected chi connectivity index (χ1v) is 11.6. The van der Waals surface area contributed by atoms with E-state index >= 15 is 4.39 Å². The molecule has 1 aromatic heterocycles. The molecule has 1 N–H and O–H groups in total. The van der Waals surface area contributed by atoms with Crippen LogP contribution in [-0.2, 0) is 16.1 Å². The number of nitrogens with zero attached hydrogens (tertiary/aromatic N) is 4. The van der Waals surface area contributed by atoms with Crippen molar-refractivity contribution >= 4 is 28.5 Å². The first-order chi connectivity index (χ1) is 17.2. The maximum Gasteiger partial charge on any atom is 0.249 e. The molecule has 4 aromatic rings. The Morgan fingerprint density at radius 3 is 2.36 bits per heavy atom. The van der Waals surface area contributed by atoms with Crippen LogP contribution >= 0.6 is 0 Å².